The van der Waals surface area contributed by atoms with Gasteiger partial charge in [-0.05, 0) is 30.5 Å². The number of hydrogen-bond donors (Lipinski definition) is 2. The second kappa shape index (κ2) is 4.37. The van der Waals surface area contributed by atoms with E-state index < -0.39 is 0 Å². The van der Waals surface area contributed by atoms with Gasteiger partial charge in [-0.2, -0.15) is 0 Å². The zero-order valence-electron chi connectivity index (χ0n) is 10.0. The number of carbonyl (C=O) groups is 1. The van der Waals surface area contributed by atoms with E-state index in [9.17, 15) is 9.90 Å². The molecule has 0 aliphatic heterocycles. The standard InChI is InChI=1S/C13H18N2O2/c1-15(12(17)13(9-14)6-7-13)8-10-2-4-11(16)5-3-10/h2-5,16H,6-9,14H2,1H3. The van der Waals surface area contributed by atoms with Gasteiger partial charge in [-0.25, -0.2) is 0 Å². The monoisotopic (exact) mass is 234 g/mol. The van der Waals surface area contributed by atoms with Crippen molar-refractivity contribution >= 4 is 5.91 Å². The van der Waals surface area contributed by atoms with E-state index in [4.69, 9.17) is 5.73 Å². The summed E-state index contributed by atoms with van der Waals surface area (Å²) in [6.45, 7) is 0.993. The van der Waals surface area contributed by atoms with Crippen molar-refractivity contribution in [3.8, 4) is 5.75 Å². The zero-order valence-corrected chi connectivity index (χ0v) is 10.0. The van der Waals surface area contributed by atoms with Gasteiger partial charge in [0, 0.05) is 20.1 Å². The van der Waals surface area contributed by atoms with Gasteiger partial charge in [-0.15, -0.1) is 0 Å². The molecule has 4 heteroatoms. The van der Waals surface area contributed by atoms with Crippen LogP contribution in [-0.4, -0.2) is 29.5 Å². The van der Waals surface area contributed by atoms with Gasteiger partial charge in [-0.3, -0.25) is 4.79 Å². The third kappa shape index (κ3) is 2.42. The molecule has 0 spiro atoms. The van der Waals surface area contributed by atoms with Crippen molar-refractivity contribution in [2.75, 3.05) is 13.6 Å². The lowest BCUT2D eigenvalue weighted by Crippen LogP contribution is -2.37. The Balaban J connectivity index is 1.99. The van der Waals surface area contributed by atoms with Gasteiger partial charge >= 0.3 is 0 Å². The first kappa shape index (κ1) is 11.9. The van der Waals surface area contributed by atoms with E-state index in [0.29, 0.717) is 13.1 Å². The van der Waals surface area contributed by atoms with E-state index >= 15 is 0 Å². The summed E-state index contributed by atoms with van der Waals surface area (Å²) >= 11 is 0. The van der Waals surface area contributed by atoms with Gasteiger partial charge in [0.2, 0.25) is 5.91 Å². The van der Waals surface area contributed by atoms with Crippen LogP contribution in [0.3, 0.4) is 0 Å². The fourth-order valence-electron chi connectivity index (χ4n) is 2.01. The predicted molar refractivity (Wildman–Crippen MR) is 65.3 cm³/mol. The van der Waals surface area contributed by atoms with E-state index in [1.165, 1.54) is 0 Å². The van der Waals surface area contributed by atoms with Crippen molar-refractivity contribution in [3.63, 3.8) is 0 Å². The number of nitrogens with zero attached hydrogens (tertiary/aromatic N) is 1. The quantitative estimate of drug-likeness (QED) is 0.819. The van der Waals surface area contributed by atoms with Crippen LogP contribution in [0.15, 0.2) is 24.3 Å². The lowest BCUT2D eigenvalue weighted by molar-refractivity contribution is -0.135. The Hall–Kier alpha value is -1.55. The van der Waals surface area contributed by atoms with Gasteiger partial charge in [-0.1, -0.05) is 12.1 Å². The van der Waals surface area contributed by atoms with E-state index in [-0.39, 0.29) is 17.1 Å². The number of phenols is 1. The fourth-order valence-corrected chi connectivity index (χ4v) is 2.01. The molecule has 0 atom stereocenters. The van der Waals surface area contributed by atoms with Crippen molar-refractivity contribution in [3.05, 3.63) is 29.8 Å². The molecule has 17 heavy (non-hydrogen) atoms. The molecule has 0 aromatic heterocycles. The molecule has 1 aromatic rings. The molecule has 92 valence electrons. The highest BCUT2D eigenvalue weighted by atomic mass is 16.3. The fraction of sp³-hybridized carbons (Fsp3) is 0.462. The van der Waals surface area contributed by atoms with E-state index in [1.54, 1.807) is 24.1 Å². The van der Waals surface area contributed by atoms with Crippen LogP contribution in [0.2, 0.25) is 0 Å². The third-order valence-corrected chi connectivity index (χ3v) is 3.40. The SMILES string of the molecule is CN(Cc1ccc(O)cc1)C(=O)C1(CN)CC1. The third-order valence-electron chi connectivity index (χ3n) is 3.40. The Bertz CT molecular complexity index is 410. The minimum atomic E-state index is -0.286. The predicted octanol–water partition coefficient (Wildman–Crippen LogP) is 1.09. The highest BCUT2D eigenvalue weighted by Crippen LogP contribution is 2.46. The number of nitrogens with two attached hydrogens (primary N) is 1. The maximum Gasteiger partial charge on any atom is 0.230 e. The molecule has 1 saturated carbocycles. The van der Waals surface area contributed by atoms with Crippen molar-refractivity contribution in [1.29, 1.82) is 0 Å². The summed E-state index contributed by atoms with van der Waals surface area (Å²) in [7, 11) is 1.80. The summed E-state index contributed by atoms with van der Waals surface area (Å²) in [6, 6.07) is 6.90. The van der Waals surface area contributed by atoms with Crippen LogP contribution < -0.4 is 5.73 Å². The number of benzene rings is 1. The smallest absolute Gasteiger partial charge is 0.230 e. The van der Waals surface area contributed by atoms with E-state index in [2.05, 4.69) is 0 Å². The molecule has 0 unspecified atom stereocenters. The largest absolute Gasteiger partial charge is 0.508 e. The van der Waals surface area contributed by atoms with Gasteiger partial charge < -0.3 is 15.7 Å². The minimum Gasteiger partial charge on any atom is -0.508 e. The Morgan fingerprint density at radius 2 is 2.00 bits per heavy atom. The van der Waals surface area contributed by atoms with Gasteiger partial charge in [0.1, 0.15) is 5.75 Å². The number of aromatic hydroxyl groups is 1. The number of hydrogen-bond acceptors (Lipinski definition) is 3. The summed E-state index contributed by atoms with van der Waals surface area (Å²) in [4.78, 5) is 13.8. The maximum absolute atomic E-state index is 12.1. The summed E-state index contributed by atoms with van der Waals surface area (Å²) in [5.41, 5.74) is 6.36. The zero-order chi connectivity index (χ0) is 12.5. The first-order valence-corrected chi connectivity index (χ1v) is 5.81. The Morgan fingerprint density at radius 3 is 2.47 bits per heavy atom. The number of carbonyl (C=O) groups excluding carboxylic acids is 1. The first-order valence-electron chi connectivity index (χ1n) is 5.81. The highest BCUT2D eigenvalue weighted by molar-refractivity contribution is 5.85. The van der Waals surface area contributed by atoms with Crippen LogP contribution in [0, 0.1) is 5.41 Å². The number of amides is 1. The second-order valence-corrected chi connectivity index (χ2v) is 4.81. The number of rotatable bonds is 4. The summed E-state index contributed by atoms with van der Waals surface area (Å²) < 4.78 is 0. The van der Waals surface area contributed by atoms with Crippen LogP contribution >= 0.6 is 0 Å². The molecule has 1 fully saturated rings. The molecule has 0 saturated heterocycles. The minimum absolute atomic E-state index is 0.132. The van der Waals surface area contributed by atoms with Crippen molar-refractivity contribution in [2.24, 2.45) is 11.1 Å². The van der Waals surface area contributed by atoms with Gasteiger partial charge in [0.15, 0.2) is 0 Å². The van der Waals surface area contributed by atoms with Crippen LogP contribution in [0.25, 0.3) is 0 Å². The normalized spacial score (nSPS) is 16.6. The van der Waals surface area contributed by atoms with E-state index in [1.807, 2.05) is 12.1 Å². The average Bonchev–Trinajstić information content (AvgIpc) is 3.12. The van der Waals surface area contributed by atoms with Crippen LogP contribution in [0.1, 0.15) is 18.4 Å². The van der Waals surface area contributed by atoms with Crippen molar-refractivity contribution in [1.82, 2.24) is 4.90 Å². The summed E-state index contributed by atoms with van der Waals surface area (Å²) in [5, 5.41) is 9.18. The van der Waals surface area contributed by atoms with E-state index in [0.717, 1.165) is 18.4 Å². The van der Waals surface area contributed by atoms with Crippen LogP contribution in [-0.2, 0) is 11.3 Å². The highest BCUT2D eigenvalue weighted by Gasteiger charge is 2.49. The Kier molecular flexibility index (Phi) is 3.07. The van der Waals surface area contributed by atoms with Crippen molar-refractivity contribution in [2.45, 2.75) is 19.4 Å². The molecule has 3 N–H and O–H groups in total. The lowest BCUT2D eigenvalue weighted by Gasteiger charge is -2.22. The maximum atomic E-state index is 12.1. The van der Waals surface area contributed by atoms with Crippen LogP contribution in [0.4, 0.5) is 0 Å². The molecule has 4 nitrogen and oxygen atoms in total. The van der Waals surface area contributed by atoms with Gasteiger partial charge in [0.25, 0.3) is 0 Å². The Labute approximate surface area is 101 Å². The molecule has 0 radical (unpaired) electrons. The molecule has 2 rings (SSSR count). The van der Waals surface area contributed by atoms with Crippen LogP contribution in [0.5, 0.6) is 5.75 Å². The number of phenolic OH excluding ortho intramolecular Hbond substituents is 1. The molecule has 0 heterocycles. The van der Waals surface area contributed by atoms with Gasteiger partial charge in [0.05, 0.1) is 5.41 Å². The molecule has 1 aromatic carbocycles. The molecular formula is C13H18N2O2. The summed E-state index contributed by atoms with van der Waals surface area (Å²) in [5.74, 6) is 0.372. The molecule has 1 aliphatic carbocycles. The average molecular weight is 234 g/mol. The molecule has 1 amide bonds. The topological polar surface area (TPSA) is 66.6 Å². The molecule has 1 aliphatic rings. The molecule has 0 bridgehead atoms. The molecular weight excluding hydrogens is 216 g/mol. The van der Waals surface area contributed by atoms with Crippen molar-refractivity contribution < 1.29 is 9.90 Å². The first-order chi connectivity index (χ1) is 8.07. The second-order valence-electron chi connectivity index (χ2n) is 4.81. The lowest BCUT2D eigenvalue weighted by atomic mass is 10.1. The summed E-state index contributed by atoms with van der Waals surface area (Å²) in [6.07, 6.45) is 1.81. The Morgan fingerprint density at radius 1 is 1.41 bits per heavy atom.